The molecule has 0 atom stereocenters. The van der Waals surface area contributed by atoms with E-state index >= 15 is 0 Å². The van der Waals surface area contributed by atoms with Gasteiger partial charge in [-0.1, -0.05) is 54.6 Å². The number of para-hydroxylation sites is 1. The second kappa shape index (κ2) is 8.37. The number of carbonyl (C=O) groups excluding carboxylic acids is 1. The van der Waals surface area contributed by atoms with E-state index in [2.05, 4.69) is 20.5 Å². The predicted octanol–water partition coefficient (Wildman–Crippen LogP) is 4.49. The average Bonchev–Trinajstić information content (AvgIpc) is 3.56. The van der Waals surface area contributed by atoms with Crippen molar-refractivity contribution in [2.75, 3.05) is 5.32 Å². The van der Waals surface area contributed by atoms with Gasteiger partial charge in [0, 0.05) is 6.07 Å². The third kappa shape index (κ3) is 4.01. The van der Waals surface area contributed by atoms with E-state index in [-0.39, 0.29) is 11.7 Å². The third-order valence-corrected chi connectivity index (χ3v) is 5.55. The van der Waals surface area contributed by atoms with Crippen molar-refractivity contribution in [1.29, 1.82) is 0 Å². The molecule has 0 spiro atoms. The van der Waals surface area contributed by atoms with Gasteiger partial charge in [-0.05, 0) is 29.1 Å². The Hall–Kier alpha value is -4.04. The molecule has 152 valence electrons. The van der Waals surface area contributed by atoms with Gasteiger partial charge in [-0.15, -0.1) is 16.4 Å². The topological polar surface area (TPSA) is 77.6 Å². The Kier molecular flexibility index (Phi) is 5.12. The maximum Gasteiger partial charge on any atom is 0.296 e. The molecule has 0 aliphatic carbocycles. The van der Waals surface area contributed by atoms with Gasteiger partial charge in [0.25, 0.3) is 5.91 Å². The first kappa shape index (κ1) is 19.0. The van der Waals surface area contributed by atoms with Crippen molar-refractivity contribution in [3.8, 4) is 16.4 Å². The normalized spacial score (nSPS) is 10.8. The first-order valence-corrected chi connectivity index (χ1v) is 10.6. The summed E-state index contributed by atoms with van der Waals surface area (Å²) in [5.74, 6) is 0.925. The number of carbonyl (C=O) groups is 1. The van der Waals surface area contributed by atoms with Crippen molar-refractivity contribution in [2.45, 2.75) is 6.54 Å². The summed E-state index contributed by atoms with van der Waals surface area (Å²) < 4.78 is 3.43. The predicted molar refractivity (Wildman–Crippen MR) is 120 cm³/mol. The first-order valence-electron chi connectivity index (χ1n) is 9.71. The van der Waals surface area contributed by atoms with E-state index in [1.54, 1.807) is 33.0 Å². The van der Waals surface area contributed by atoms with Crippen LogP contribution in [0.2, 0.25) is 0 Å². The molecule has 31 heavy (non-hydrogen) atoms. The van der Waals surface area contributed by atoms with E-state index in [4.69, 9.17) is 0 Å². The van der Waals surface area contributed by atoms with Crippen molar-refractivity contribution < 1.29 is 4.79 Å². The minimum Gasteiger partial charge on any atom is -0.304 e. The van der Waals surface area contributed by atoms with Gasteiger partial charge in [-0.2, -0.15) is 5.10 Å². The highest BCUT2D eigenvalue weighted by Gasteiger charge is 2.20. The van der Waals surface area contributed by atoms with E-state index in [1.807, 2.05) is 78.2 Å². The van der Waals surface area contributed by atoms with E-state index in [1.165, 1.54) is 0 Å². The standard InChI is InChI=1S/C23H18N6OS/c30-23(25-20-13-14-24-28(20)16-17-8-3-1-4-9-17)21-26-22(19-12-7-15-31-19)29(27-21)18-10-5-2-6-11-18/h1-15H,16H2,(H,25,30). The molecule has 0 aliphatic heterocycles. The fourth-order valence-corrected chi connectivity index (χ4v) is 3.91. The third-order valence-electron chi connectivity index (χ3n) is 4.69. The molecular weight excluding hydrogens is 408 g/mol. The van der Waals surface area contributed by atoms with Crippen LogP contribution in [0.15, 0.2) is 90.4 Å². The van der Waals surface area contributed by atoms with Gasteiger partial charge in [0.2, 0.25) is 5.82 Å². The summed E-state index contributed by atoms with van der Waals surface area (Å²) in [6.07, 6.45) is 1.66. The number of hydrogen-bond acceptors (Lipinski definition) is 5. The number of nitrogens with zero attached hydrogens (tertiary/aromatic N) is 5. The van der Waals surface area contributed by atoms with Crippen LogP contribution >= 0.6 is 11.3 Å². The SMILES string of the molecule is O=C(Nc1ccnn1Cc1ccccc1)c1nc(-c2cccs2)n(-c2ccccc2)n1. The molecule has 0 radical (unpaired) electrons. The molecule has 0 aliphatic rings. The molecule has 3 aromatic heterocycles. The summed E-state index contributed by atoms with van der Waals surface area (Å²) in [5.41, 5.74) is 1.93. The Bertz CT molecular complexity index is 1290. The zero-order chi connectivity index (χ0) is 21.0. The molecule has 1 N–H and O–H groups in total. The second-order valence-electron chi connectivity index (χ2n) is 6.80. The van der Waals surface area contributed by atoms with E-state index in [9.17, 15) is 4.79 Å². The molecule has 0 bridgehead atoms. The van der Waals surface area contributed by atoms with Gasteiger partial charge in [-0.25, -0.2) is 14.3 Å². The van der Waals surface area contributed by atoms with Gasteiger partial charge in [0.05, 0.1) is 23.3 Å². The summed E-state index contributed by atoms with van der Waals surface area (Å²) in [6.45, 7) is 0.551. The van der Waals surface area contributed by atoms with Crippen LogP contribution < -0.4 is 5.32 Å². The average molecular weight is 427 g/mol. The lowest BCUT2D eigenvalue weighted by Crippen LogP contribution is -2.17. The minimum atomic E-state index is -0.387. The number of thiophene rings is 1. The lowest BCUT2D eigenvalue weighted by Gasteiger charge is -2.08. The lowest BCUT2D eigenvalue weighted by atomic mass is 10.2. The molecule has 8 heteroatoms. The molecule has 1 amide bonds. The van der Waals surface area contributed by atoms with Crippen molar-refractivity contribution in [3.63, 3.8) is 0 Å². The Morgan fingerprint density at radius 2 is 1.71 bits per heavy atom. The molecule has 5 rings (SSSR count). The molecule has 0 saturated carbocycles. The molecule has 0 fully saturated rings. The van der Waals surface area contributed by atoms with Crippen molar-refractivity contribution >= 4 is 23.1 Å². The Labute approximate surface area is 182 Å². The van der Waals surface area contributed by atoms with Crippen LogP contribution in [-0.4, -0.2) is 30.5 Å². The van der Waals surface area contributed by atoms with Crippen LogP contribution in [0.25, 0.3) is 16.4 Å². The van der Waals surface area contributed by atoms with E-state index in [0.29, 0.717) is 18.2 Å². The summed E-state index contributed by atoms with van der Waals surface area (Å²) in [7, 11) is 0. The van der Waals surface area contributed by atoms with Gasteiger partial charge in [0.1, 0.15) is 5.82 Å². The molecular formula is C23H18N6OS. The van der Waals surface area contributed by atoms with Crippen LogP contribution in [0.5, 0.6) is 0 Å². The summed E-state index contributed by atoms with van der Waals surface area (Å²) >= 11 is 1.55. The zero-order valence-corrected chi connectivity index (χ0v) is 17.2. The monoisotopic (exact) mass is 426 g/mol. The smallest absolute Gasteiger partial charge is 0.296 e. The Morgan fingerprint density at radius 3 is 2.45 bits per heavy atom. The minimum absolute atomic E-state index is 0.0970. The fraction of sp³-hybridized carbons (Fsp3) is 0.0435. The summed E-state index contributed by atoms with van der Waals surface area (Å²) in [6, 6.07) is 25.3. The Balaban J connectivity index is 1.44. The highest BCUT2D eigenvalue weighted by atomic mass is 32.1. The number of rotatable bonds is 6. The van der Waals surface area contributed by atoms with Gasteiger partial charge < -0.3 is 5.32 Å². The highest BCUT2D eigenvalue weighted by Crippen LogP contribution is 2.25. The molecule has 3 heterocycles. The number of benzene rings is 2. The van der Waals surface area contributed by atoms with Crippen molar-refractivity contribution in [1.82, 2.24) is 24.5 Å². The van der Waals surface area contributed by atoms with Gasteiger partial charge in [-0.3, -0.25) is 4.79 Å². The Morgan fingerprint density at radius 1 is 0.935 bits per heavy atom. The number of hydrogen-bond donors (Lipinski definition) is 1. The number of amides is 1. The second-order valence-corrected chi connectivity index (χ2v) is 7.75. The molecule has 2 aromatic carbocycles. The maximum atomic E-state index is 13.0. The molecule has 0 unspecified atom stereocenters. The number of aromatic nitrogens is 5. The zero-order valence-electron chi connectivity index (χ0n) is 16.4. The van der Waals surface area contributed by atoms with Gasteiger partial charge in [0.15, 0.2) is 5.82 Å². The largest absolute Gasteiger partial charge is 0.304 e. The molecule has 7 nitrogen and oxygen atoms in total. The van der Waals surface area contributed by atoms with Crippen LogP contribution in [0, 0.1) is 0 Å². The number of anilines is 1. The lowest BCUT2D eigenvalue weighted by molar-refractivity contribution is 0.101. The van der Waals surface area contributed by atoms with Crippen LogP contribution in [0.3, 0.4) is 0 Å². The molecule has 5 aromatic rings. The quantitative estimate of drug-likeness (QED) is 0.434. The molecule has 0 saturated heterocycles. The van der Waals surface area contributed by atoms with Gasteiger partial charge >= 0.3 is 0 Å². The number of nitrogens with one attached hydrogen (secondary N) is 1. The van der Waals surface area contributed by atoms with E-state index in [0.717, 1.165) is 16.1 Å². The van der Waals surface area contributed by atoms with Crippen molar-refractivity contribution in [3.05, 3.63) is 102 Å². The van der Waals surface area contributed by atoms with Crippen molar-refractivity contribution in [2.24, 2.45) is 0 Å². The fourth-order valence-electron chi connectivity index (χ4n) is 3.22. The highest BCUT2D eigenvalue weighted by molar-refractivity contribution is 7.13. The van der Waals surface area contributed by atoms with Crippen LogP contribution in [-0.2, 0) is 6.54 Å². The van der Waals surface area contributed by atoms with Crippen LogP contribution in [0.4, 0.5) is 5.82 Å². The van der Waals surface area contributed by atoms with Crippen LogP contribution in [0.1, 0.15) is 16.2 Å². The van der Waals surface area contributed by atoms with E-state index < -0.39 is 0 Å². The first-order chi connectivity index (χ1) is 15.3. The maximum absolute atomic E-state index is 13.0. The summed E-state index contributed by atoms with van der Waals surface area (Å²) in [5, 5.41) is 13.7. The summed E-state index contributed by atoms with van der Waals surface area (Å²) in [4.78, 5) is 18.5.